The number of nitrogens with two attached hydrogens (primary N) is 1. The molecule has 2 aromatic carbocycles. The van der Waals surface area contributed by atoms with Crippen LogP contribution in [0.4, 0.5) is 17.6 Å². The first kappa shape index (κ1) is 15.6. The molecule has 7 heteroatoms. The highest BCUT2D eigenvalue weighted by molar-refractivity contribution is 5.77. The molecule has 0 amide bonds. The molecule has 2 aromatic rings. The van der Waals surface area contributed by atoms with Crippen LogP contribution in [0.25, 0.3) is 11.1 Å². The van der Waals surface area contributed by atoms with Gasteiger partial charge in [-0.2, -0.15) is 13.2 Å². The van der Waals surface area contributed by atoms with Crippen molar-refractivity contribution in [3.63, 3.8) is 0 Å². The number of para-hydroxylation sites is 1. The minimum atomic E-state index is -4.69. The van der Waals surface area contributed by atoms with Gasteiger partial charge in [0, 0.05) is 12.1 Å². The number of ether oxygens (including phenoxy) is 2. The third-order valence-corrected chi connectivity index (χ3v) is 3.53. The minimum Gasteiger partial charge on any atom is -0.486 e. The molecule has 1 aliphatic heterocycles. The third kappa shape index (κ3) is 2.96. The number of alkyl halides is 3. The summed E-state index contributed by atoms with van der Waals surface area (Å²) in [7, 11) is 0. The molecule has 2 N–H and O–H groups in total. The van der Waals surface area contributed by atoms with Crippen LogP contribution in [-0.4, -0.2) is 19.3 Å². The molecule has 1 aliphatic rings. The van der Waals surface area contributed by atoms with E-state index in [-0.39, 0.29) is 30.0 Å². The SMILES string of the molecule is NC[C@H]1COc2cccc(-c3ccc(F)cc3C(F)(F)F)c2O1. The van der Waals surface area contributed by atoms with Gasteiger partial charge in [-0.25, -0.2) is 4.39 Å². The van der Waals surface area contributed by atoms with Gasteiger partial charge in [-0.05, 0) is 23.8 Å². The Bertz CT molecular complexity index is 731. The molecule has 0 fully saturated rings. The summed E-state index contributed by atoms with van der Waals surface area (Å²) in [5.41, 5.74) is 4.49. The number of hydrogen-bond donors (Lipinski definition) is 1. The molecule has 122 valence electrons. The molecule has 1 heterocycles. The van der Waals surface area contributed by atoms with Gasteiger partial charge >= 0.3 is 6.18 Å². The quantitative estimate of drug-likeness (QED) is 0.857. The third-order valence-electron chi connectivity index (χ3n) is 3.53. The van der Waals surface area contributed by atoms with Crippen molar-refractivity contribution in [2.24, 2.45) is 5.73 Å². The van der Waals surface area contributed by atoms with Crippen LogP contribution in [0.5, 0.6) is 11.5 Å². The zero-order valence-corrected chi connectivity index (χ0v) is 11.9. The maximum Gasteiger partial charge on any atom is 0.417 e. The Kier molecular flexibility index (Phi) is 3.89. The lowest BCUT2D eigenvalue weighted by molar-refractivity contribution is -0.137. The van der Waals surface area contributed by atoms with Crippen LogP contribution in [0.15, 0.2) is 36.4 Å². The summed E-state index contributed by atoms with van der Waals surface area (Å²) in [5.74, 6) is -0.432. The Morgan fingerprint density at radius 2 is 1.91 bits per heavy atom. The highest BCUT2D eigenvalue weighted by Crippen LogP contribution is 2.45. The van der Waals surface area contributed by atoms with Crippen LogP contribution >= 0.6 is 0 Å². The van der Waals surface area contributed by atoms with Gasteiger partial charge in [0.15, 0.2) is 11.5 Å². The van der Waals surface area contributed by atoms with E-state index in [0.29, 0.717) is 11.8 Å². The fourth-order valence-corrected chi connectivity index (χ4v) is 2.45. The van der Waals surface area contributed by atoms with Crippen molar-refractivity contribution in [3.05, 3.63) is 47.8 Å². The fourth-order valence-electron chi connectivity index (χ4n) is 2.45. The van der Waals surface area contributed by atoms with E-state index in [1.807, 2.05) is 0 Å². The maximum absolute atomic E-state index is 13.3. The van der Waals surface area contributed by atoms with Crippen molar-refractivity contribution in [2.45, 2.75) is 12.3 Å². The summed E-state index contributed by atoms with van der Waals surface area (Å²) < 4.78 is 64.1. The van der Waals surface area contributed by atoms with Crippen LogP contribution in [0, 0.1) is 5.82 Å². The number of hydrogen-bond acceptors (Lipinski definition) is 3. The average molecular weight is 327 g/mol. The molecule has 3 rings (SSSR count). The summed E-state index contributed by atoms with van der Waals surface area (Å²) in [5, 5.41) is 0. The Morgan fingerprint density at radius 1 is 1.13 bits per heavy atom. The van der Waals surface area contributed by atoms with Crippen molar-refractivity contribution in [1.82, 2.24) is 0 Å². The lowest BCUT2D eigenvalue weighted by Crippen LogP contribution is -2.35. The zero-order chi connectivity index (χ0) is 16.6. The van der Waals surface area contributed by atoms with E-state index < -0.39 is 23.7 Å². The van der Waals surface area contributed by atoms with E-state index in [4.69, 9.17) is 15.2 Å². The second kappa shape index (κ2) is 5.73. The molecule has 0 bridgehead atoms. The largest absolute Gasteiger partial charge is 0.486 e. The topological polar surface area (TPSA) is 44.5 Å². The van der Waals surface area contributed by atoms with Crippen LogP contribution in [-0.2, 0) is 6.18 Å². The van der Waals surface area contributed by atoms with Crippen molar-refractivity contribution < 1.29 is 27.0 Å². The normalized spacial score (nSPS) is 17.2. The molecule has 0 aliphatic carbocycles. The molecule has 0 aromatic heterocycles. The van der Waals surface area contributed by atoms with Crippen molar-refractivity contribution >= 4 is 0 Å². The predicted molar refractivity (Wildman–Crippen MR) is 75.8 cm³/mol. The Labute approximate surface area is 129 Å². The number of rotatable bonds is 2. The van der Waals surface area contributed by atoms with Crippen molar-refractivity contribution in [3.8, 4) is 22.6 Å². The van der Waals surface area contributed by atoms with E-state index in [1.54, 1.807) is 12.1 Å². The van der Waals surface area contributed by atoms with E-state index in [1.165, 1.54) is 6.07 Å². The maximum atomic E-state index is 13.3. The predicted octanol–water partition coefficient (Wildman–Crippen LogP) is 3.61. The summed E-state index contributed by atoms with van der Waals surface area (Å²) in [4.78, 5) is 0. The molecule has 3 nitrogen and oxygen atoms in total. The molecular weight excluding hydrogens is 314 g/mol. The summed E-state index contributed by atoms with van der Waals surface area (Å²) in [6, 6.07) is 7.17. The molecule has 23 heavy (non-hydrogen) atoms. The molecule has 0 saturated heterocycles. The number of halogens is 4. The van der Waals surface area contributed by atoms with Gasteiger partial charge in [0.2, 0.25) is 0 Å². The number of benzene rings is 2. The van der Waals surface area contributed by atoms with Gasteiger partial charge in [0.05, 0.1) is 5.56 Å². The van der Waals surface area contributed by atoms with Crippen LogP contribution in [0.3, 0.4) is 0 Å². The summed E-state index contributed by atoms with van der Waals surface area (Å²) >= 11 is 0. The second-order valence-corrected chi connectivity index (χ2v) is 5.11. The van der Waals surface area contributed by atoms with Crippen molar-refractivity contribution in [1.29, 1.82) is 0 Å². The van der Waals surface area contributed by atoms with Crippen LogP contribution in [0.1, 0.15) is 5.56 Å². The van der Waals surface area contributed by atoms with Gasteiger partial charge in [0.25, 0.3) is 0 Å². The lowest BCUT2D eigenvalue weighted by atomic mass is 9.97. The first-order chi connectivity index (χ1) is 10.9. The molecule has 0 spiro atoms. The van der Waals surface area contributed by atoms with Gasteiger partial charge < -0.3 is 15.2 Å². The lowest BCUT2D eigenvalue weighted by Gasteiger charge is -2.28. The summed E-state index contributed by atoms with van der Waals surface area (Å²) in [6.07, 6.45) is -5.14. The van der Waals surface area contributed by atoms with Gasteiger partial charge in [0.1, 0.15) is 18.5 Å². The Morgan fingerprint density at radius 3 is 2.61 bits per heavy atom. The fraction of sp³-hybridized carbons (Fsp3) is 0.250. The molecule has 1 atom stereocenters. The van der Waals surface area contributed by atoms with E-state index in [9.17, 15) is 17.6 Å². The van der Waals surface area contributed by atoms with Crippen LogP contribution < -0.4 is 15.2 Å². The minimum absolute atomic E-state index is 0.169. The second-order valence-electron chi connectivity index (χ2n) is 5.11. The van der Waals surface area contributed by atoms with Gasteiger partial charge in [-0.15, -0.1) is 0 Å². The first-order valence-corrected chi connectivity index (χ1v) is 6.90. The van der Waals surface area contributed by atoms with Gasteiger partial charge in [-0.3, -0.25) is 0 Å². The molecule has 0 radical (unpaired) electrons. The van der Waals surface area contributed by atoms with E-state index in [2.05, 4.69) is 0 Å². The first-order valence-electron chi connectivity index (χ1n) is 6.90. The van der Waals surface area contributed by atoms with Gasteiger partial charge in [-0.1, -0.05) is 18.2 Å². The highest BCUT2D eigenvalue weighted by atomic mass is 19.4. The summed E-state index contributed by atoms with van der Waals surface area (Å²) in [6.45, 7) is 0.395. The molecule has 0 unspecified atom stereocenters. The Balaban J connectivity index is 2.17. The highest BCUT2D eigenvalue weighted by Gasteiger charge is 2.35. The monoisotopic (exact) mass is 327 g/mol. The van der Waals surface area contributed by atoms with E-state index in [0.717, 1.165) is 12.1 Å². The van der Waals surface area contributed by atoms with E-state index >= 15 is 0 Å². The molecular formula is C16H13F4NO2. The standard InChI is InChI=1S/C16H13F4NO2/c17-9-4-5-11(13(6-9)16(18,19)20)12-2-1-3-14-15(12)23-10(7-21)8-22-14/h1-6,10H,7-8,21H2/t10-/m0/s1. The number of fused-ring (bicyclic) bond motifs is 1. The zero-order valence-electron chi connectivity index (χ0n) is 11.9. The van der Waals surface area contributed by atoms with Crippen molar-refractivity contribution in [2.75, 3.05) is 13.2 Å². The molecule has 0 saturated carbocycles. The Hall–Kier alpha value is -2.28. The average Bonchev–Trinajstić information content (AvgIpc) is 2.53. The van der Waals surface area contributed by atoms with Crippen LogP contribution in [0.2, 0.25) is 0 Å². The smallest absolute Gasteiger partial charge is 0.417 e.